The summed E-state index contributed by atoms with van der Waals surface area (Å²) in [7, 11) is 4.05. The molecule has 2 aromatic rings. The number of nitrogens with two attached hydrogens (primary N) is 1. The maximum absolute atomic E-state index is 5.82. The minimum absolute atomic E-state index is 0.545. The molecule has 0 aliphatic heterocycles. The molecule has 0 saturated carbocycles. The zero-order chi connectivity index (χ0) is 10.8. The van der Waals surface area contributed by atoms with Gasteiger partial charge in [0.05, 0.1) is 0 Å². The lowest BCUT2D eigenvalue weighted by Gasteiger charge is -2.08. The highest BCUT2D eigenvalue weighted by Gasteiger charge is 2.04. The Morgan fingerprint density at radius 1 is 1.47 bits per heavy atom. The molecular formula is C10H15N5. The average Bonchev–Trinajstić information content (AvgIpc) is 2.63. The van der Waals surface area contributed by atoms with Gasteiger partial charge < -0.3 is 10.6 Å². The minimum Gasteiger partial charge on any atom is -0.382 e. The van der Waals surface area contributed by atoms with Crippen LogP contribution in [0.25, 0.3) is 5.52 Å². The molecule has 0 aliphatic carbocycles. The van der Waals surface area contributed by atoms with E-state index in [2.05, 4.69) is 15.0 Å². The summed E-state index contributed by atoms with van der Waals surface area (Å²) in [6.07, 6.45) is 2.69. The van der Waals surface area contributed by atoms with Crippen LogP contribution in [0.3, 0.4) is 0 Å². The minimum atomic E-state index is 0.545. The van der Waals surface area contributed by atoms with E-state index in [1.165, 1.54) is 0 Å². The third-order valence-electron chi connectivity index (χ3n) is 2.25. The van der Waals surface area contributed by atoms with Crippen molar-refractivity contribution in [2.24, 2.45) is 0 Å². The van der Waals surface area contributed by atoms with E-state index in [0.29, 0.717) is 5.82 Å². The zero-order valence-corrected chi connectivity index (χ0v) is 9.01. The second-order valence-corrected chi connectivity index (χ2v) is 3.80. The zero-order valence-electron chi connectivity index (χ0n) is 9.01. The Balaban J connectivity index is 2.28. The highest BCUT2D eigenvalue weighted by molar-refractivity contribution is 5.64. The van der Waals surface area contributed by atoms with Crippen LogP contribution in [0.2, 0.25) is 0 Å². The first-order chi connectivity index (χ1) is 7.16. The maximum Gasteiger partial charge on any atom is 0.152 e. The van der Waals surface area contributed by atoms with Gasteiger partial charge in [0.15, 0.2) is 11.6 Å². The molecule has 80 valence electrons. The molecule has 0 unspecified atom stereocenters. The molecule has 5 nitrogen and oxygen atoms in total. The Morgan fingerprint density at radius 3 is 3.00 bits per heavy atom. The number of aromatic nitrogens is 3. The first-order valence-corrected chi connectivity index (χ1v) is 4.91. The molecule has 0 spiro atoms. The van der Waals surface area contributed by atoms with Gasteiger partial charge in [-0.15, -0.1) is 0 Å². The lowest BCUT2D eigenvalue weighted by Crippen LogP contribution is -2.17. The fraction of sp³-hybridized carbons (Fsp3) is 0.400. The first-order valence-electron chi connectivity index (χ1n) is 4.91. The van der Waals surface area contributed by atoms with Crippen LogP contribution in [0.4, 0.5) is 5.82 Å². The van der Waals surface area contributed by atoms with Gasteiger partial charge in [0, 0.05) is 19.2 Å². The summed E-state index contributed by atoms with van der Waals surface area (Å²) in [6, 6.07) is 3.82. The number of nitrogen functional groups attached to an aromatic ring is 1. The summed E-state index contributed by atoms with van der Waals surface area (Å²) >= 11 is 0. The third-order valence-corrected chi connectivity index (χ3v) is 2.25. The molecule has 0 amide bonds. The second-order valence-electron chi connectivity index (χ2n) is 3.80. The summed E-state index contributed by atoms with van der Waals surface area (Å²) < 4.78 is 1.77. The van der Waals surface area contributed by atoms with Crippen LogP contribution >= 0.6 is 0 Å². The average molecular weight is 205 g/mol. The highest BCUT2D eigenvalue weighted by atomic mass is 15.3. The summed E-state index contributed by atoms with van der Waals surface area (Å²) in [6.45, 7) is 0.923. The van der Waals surface area contributed by atoms with Crippen LogP contribution in [-0.4, -0.2) is 40.1 Å². The fourth-order valence-electron chi connectivity index (χ4n) is 1.43. The van der Waals surface area contributed by atoms with Crippen molar-refractivity contribution in [2.75, 3.05) is 26.4 Å². The third kappa shape index (κ3) is 2.07. The van der Waals surface area contributed by atoms with E-state index in [1.54, 1.807) is 4.52 Å². The molecule has 0 atom stereocenters. The summed E-state index contributed by atoms with van der Waals surface area (Å²) in [5.41, 5.74) is 6.69. The van der Waals surface area contributed by atoms with Crippen molar-refractivity contribution in [2.45, 2.75) is 6.42 Å². The quantitative estimate of drug-likeness (QED) is 0.788. The number of nitrogens with zero attached hydrogens (tertiary/aromatic N) is 4. The van der Waals surface area contributed by atoms with Crippen molar-refractivity contribution < 1.29 is 0 Å². The topological polar surface area (TPSA) is 59.5 Å². The van der Waals surface area contributed by atoms with Crippen molar-refractivity contribution in [3.8, 4) is 0 Å². The molecule has 2 heterocycles. The lowest BCUT2D eigenvalue weighted by molar-refractivity contribution is 0.408. The summed E-state index contributed by atoms with van der Waals surface area (Å²) in [4.78, 5) is 6.36. The molecule has 0 fully saturated rings. The van der Waals surface area contributed by atoms with Crippen molar-refractivity contribution in [3.05, 3.63) is 24.2 Å². The molecule has 0 aliphatic rings. The molecular weight excluding hydrogens is 190 g/mol. The van der Waals surface area contributed by atoms with Crippen LogP contribution in [0.15, 0.2) is 18.3 Å². The molecule has 0 bridgehead atoms. The Labute approximate surface area is 88.5 Å². The van der Waals surface area contributed by atoms with Gasteiger partial charge in [-0.2, -0.15) is 5.10 Å². The van der Waals surface area contributed by atoms with Crippen molar-refractivity contribution in [1.29, 1.82) is 0 Å². The van der Waals surface area contributed by atoms with Crippen LogP contribution < -0.4 is 5.73 Å². The number of rotatable bonds is 3. The highest BCUT2D eigenvalue weighted by Crippen LogP contribution is 2.10. The molecule has 2 rings (SSSR count). The van der Waals surface area contributed by atoms with E-state index in [4.69, 9.17) is 5.73 Å². The van der Waals surface area contributed by atoms with Crippen molar-refractivity contribution in [1.82, 2.24) is 19.5 Å². The second kappa shape index (κ2) is 3.86. The van der Waals surface area contributed by atoms with Gasteiger partial charge in [-0.05, 0) is 26.2 Å². The lowest BCUT2D eigenvalue weighted by atomic mass is 10.4. The van der Waals surface area contributed by atoms with Crippen LogP contribution in [-0.2, 0) is 6.42 Å². The molecule has 2 N–H and O–H groups in total. The number of fused-ring (bicyclic) bond motifs is 1. The van der Waals surface area contributed by atoms with Gasteiger partial charge >= 0.3 is 0 Å². The molecule has 2 aromatic heterocycles. The number of hydrogen-bond acceptors (Lipinski definition) is 4. The molecule has 0 radical (unpaired) electrons. The van der Waals surface area contributed by atoms with Gasteiger partial charge in [-0.25, -0.2) is 9.50 Å². The van der Waals surface area contributed by atoms with E-state index in [-0.39, 0.29) is 0 Å². The van der Waals surface area contributed by atoms with E-state index < -0.39 is 0 Å². The van der Waals surface area contributed by atoms with E-state index >= 15 is 0 Å². The van der Waals surface area contributed by atoms with Gasteiger partial charge in [0.2, 0.25) is 0 Å². The van der Waals surface area contributed by atoms with E-state index in [9.17, 15) is 0 Å². The number of anilines is 1. The normalized spacial score (nSPS) is 11.4. The largest absolute Gasteiger partial charge is 0.382 e. The predicted molar refractivity (Wildman–Crippen MR) is 59.7 cm³/mol. The van der Waals surface area contributed by atoms with E-state index in [0.717, 1.165) is 24.3 Å². The number of likely N-dealkylation sites (N-methyl/N-ethyl adjacent to an activating group) is 1. The Hall–Kier alpha value is -1.62. The molecule has 5 heteroatoms. The van der Waals surface area contributed by atoms with Gasteiger partial charge in [0.25, 0.3) is 0 Å². The van der Waals surface area contributed by atoms with Gasteiger partial charge in [-0.3, -0.25) is 0 Å². The first kappa shape index (κ1) is 9.92. The van der Waals surface area contributed by atoms with E-state index in [1.807, 2.05) is 32.4 Å². The van der Waals surface area contributed by atoms with Crippen LogP contribution in [0, 0.1) is 0 Å². The van der Waals surface area contributed by atoms with Crippen LogP contribution in [0.5, 0.6) is 0 Å². The predicted octanol–water partition coefficient (Wildman–Crippen LogP) is 0.416. The Kier molecular flexibility index (Phi) is 2.55. The summed E-state index contributed by atoms with van der Waals surface area (Å²) in [5.74, 6) is 1.33. The SMILES string of the molecule is CN(C)CCc1nc(N)c2cccn2n1. The van der Waals surface area contributed by atoms with Gasteiger partial charge in [-0.1, -0.05) is 0 Å². The summed E-state index contributed by atoms with van der Waals surface area (Å²) in [5, 5.41) is 4.37. The number of hydrogen-bond donors (Lipinski definition) is 1. The Morgan fingerprint density at radius 2 is 2.27 bits per heavy atom. The molecule has 0 saturated heterocycles. The molecule has 0 aromatic carbocycles. The van der Waals surface area contributed by atoms with Crippen molar-refractivity contribution >= 4 is 11.3 Å². The Bertz CT molecular complexity index is 460. The standard InChI is InChI=1S/C10H15N5/c1-14(2)7-5-9-12-10(11)8-4-3-6-15(8)13-9/h3-4,6H,5,7H2,1-2H3,(H2,11,12,13). The monoisotopic (exact) mass is 205 g/mol. The maximum atomic E-state index is 5.82. The van der Waals surface area contributed by atoms with Gasteiger partial charge in [0.1, 0.15) is 5.52 Å². The van der Waals surface area contributed by atoms with Crippen molar-refractivity contribution in [3.63, 3.8) is 0 Å². The fourth-order valence-corrected chi connectivity index (χ4v) is 1.43. The smallest absolute Gasteiger partial charge is 0.152 e. The molecule has 15 heavy (non-hydrogen) atoms. The van der Waals surface area contributed by atoms with Crippen LogP contribution in [0.1, 0.15) is 5.82 Å².